The highest BCUT2D eigenvalue weighted by Gasteiger charge is 2.16. The molecule has 0 amide bonds. The van der Waals surface area contributed by atoms with Crippen LogP contribution in [0.2, 0.25) is 0 Å². The maximum Gasteiger partial charge on any atom is 0.164 e. The van der Waals surface area contributed by atoms with Gasteiger partial charge in [-0.15, -0.1) is 0 Å². The first-order valence-electron chi connectivity index (χ1n) is 20.3. The molecule has 0 aliphatic carbocycles. The molecule has 61 heavy (non-hydrogen) atoms. The van der Waals surface area contributed by atoms with E-state index in [4.69, 9.17) is 24.9 Å². The van der Waals surface area contributed by atoms with Gasteiger partial charge in [0, 0.05) is 50.4 Å². The number of rotatable bonds is 10. The molecule has 10 rings (SSSR count). The molecule has 2 aromatic heterocycles. The normalized spacial score (nSPS) is 11.0. The summed E-state index contributed by atoms with van der Waals surface area (Å²) in [4.78, 5) is 27.4. The van der Waals surface area contributed by atoms with Crippen molar-refractivity contribution in [2.45, 2.75) is 0 Å². The van der Waals surface area contributed by atoms with Crippen LogP contribution in [0, 0.1) is 0 Å². The Balaban J connectivity index is 1.02. The third-order valence-electron chi connectivity index (χ3n) is 10.5. The average molecular weight is 783 g/mol. The highest BCUT2D eigenvalue weighted by atomic mass is 15.1. The summed E-state index contributed by atoms with van der Waals surface area (Å²) in [5.74, 6) is 2.52. The first kappa shape index (κ1) is 37.0. The van der Waals surface area contributed by atoms with E-state index in [1.807, 2.05) is 91.0 Å². The Hall–Kier alpha value is -8.35. The van der Waals surface area contributed by atoms with Gasteiger partial charge in [0.2, 0.25) is 0 Å². The molecule has 0 unspecified atom stereocenters. The minimum atomic E-state index is 0.611. The van der Waals surface area contributed by atoms with E-state index in [2.05, 4.69) is 144 Å². The number of benzene rings is 8. The van der Waals surface area contributed by atoms with Crippen molar-refractivity contribution in [1.82, 2.24) is 24.9 Å². The topological polar surface area (TPSA) is 67.7 Å². The van der Waals surface area contributed by atoms with Crippen LogP contribution in [0.5, 0.6) is 0 Å². The van der Waals surface area contributed by atoms with Crippen molar-refractivity contribution in [3.05, 3.63) is 231 Å². The zero-order valence-electron chi connectivity index (χ0n) is 33.1. The second-order valence-electron chi connectivity index (χ2n) is 14.6. The highest BCUT2D eigenvalue weighted by molar-refractivity contribution is 5.80. The van der Waals surface area contributed by atoms with Crippen molar-refractivity contribution in [1.29, 1.82) is 0 Å². The second kappa shape index (κ2) is 16.9. The predicted molar refractivity (Wildman–Crippen MR) is 248 cm³/mol. The van der Waals surface area contributed by atoms with Crippen molar-refractivity contribution >= 4 is 17.1 Å². The molecule has 0 saturated carbocycles. The molecule has 2 heterocycles. The fraction of sp³-hybridized carbons (Fsp3) is 0. The van der Waals surface area contributed by atoms with Crippen molar-refractivity contribution in [3.63, 3.8) is 0 Å². The summed E-state index contributed by atoms with van der Waals surface area (Å²) in [6.07, 6.45) is 0. The fourth-order valence-electron chi connectivity index (χ4n) is 7.48. The number of hydrogen-bond acceptors (Lipinski definition) is 6. The first-order valence-corrected chi connectivity index (χ1v) is 20.3. The summed E-state index contributed by atoms with van der Waals surface area (Å²) in [5, 5.41) is 0. The van der Waals surface area contributed by atoms with Gasteiger partial charge in [0.1, 0.15) is 0 Å². The summed E-state index contributed by atoms with van der Waals surface area (Å²) in [7, 11) is 0. The van der Waals surface area contributed by atoms with E-state index in [1.54, 1.807) is 0 Å². The molecule has 0 fully saturated rings. The zero-order chi connectivity index (χ0) is 40.8. The Morgan fingerprint density at radius 3 is 1.05 bits per heavy atom. The lowest BCUT2D eigenvalue weighted by molar-refractivity contribution is 1.07. The van der Waals surface area contributed by atoms with E-state index in [0.717, 1.165) is 73.0 Å². The number of para-hydroxylation sites is 2. The Morgan fingerprint density at radius 2 is 0.541 bits per heavy atom. The van der Waals surface area contributed by atoms with Gasteiger partial charge < -0.3 is 4.90 Å². The average Bonchev–Trinajstić information content (AvgIpc) is 3.35. The van der Waals surface area contributed by atoms with Crippen LogP contribution < -0.4 is 4.90 Å². The largest absolute Gasteiger partial charge is 0.311 e. The van der Waals surface area contributed by atoms with E-state index < -0.39 is 0 Å². The van der Waals surface area contributed by atoms with Crippen LogP contribution in [0.25, 0.3) is 79.2 Å². The lowest BCUT2D eigenvalue weighted by Crippen LogP contribution is -2.09. The molecule has 0 aliphatic rings. The molecular weight excluding hydrogens is 745 g/mol. The summed E-state index contributed by atoms with van der Waals surface area (Å²) in [6, 6.07) is 78.7. The third-order valence-corrected chi connectivity index (χ3v) is 10.5. The molecule has 6 nitrogen and oxygen atoms in total. The second-order valence-corrected chi connectivity index (χ2v) is 14.6. The Bertz CT molecular complexity index is 2950. The number of aromatic nitrogens is 5. The lowest BCUT2D eigenvalue weighted by Gasteiger charge is -2.25. The SMILES string of the molecule is c1ccc(-c2cc(-c3cccc(-c4cccc(-c5nc(-c6ccccc6)nc(-c6ccccc6)n5)c4)c3)nc(-c3ccc(N(c4ccccc4)c4ccccc4)cc3)n2)cc1. The highest BCUT2D eigenvalue weighted by Crippen LogP contribution is 2.36. The van der Waals surface area contributed by atoms with Crippen LogP contribution >= 0.6 is 0 Å². The van der Waals surface area contributed by atoms with E-state index in [9.17, 15) is 0 Å². The molecule has 0 atom stereocenters. The maximum atomic E-state index is 5.22. The molecular formula is C55H38N6. The fourth-order valence-corrected chi connectivity index (χ4v) is 7.48. The minimum absolute atomic E-state index is 0.611. The summed E-state index contributed by atoms with van der Waals surface area (Å²) in [5.41, 5.74) is 12.7. The van der Waals surface area contributed by atoms with Gasteiger partial charge in [-0.05, 0) is 77.9 Å². The van der Waals surface area contributed by atoms with E-state index >= 15 is 0 Å². The predicted octanol–water partition coefficient (Wildman–Crippen LogP) is 13.8. The minimum Gasteiger partial charge on any atom is -0.311 e. The molecule has 0 aliphatic heterocycles. The quantitative estimate of drug-likeness (QED) is 0.138. The molecule has 0 N–H and O–H groups in total. The number of hydrogen-bond donors (Lipinski definition) is 0. The van der Waals surface area contributed by atoms with Crippen LogP contribution in [0.15, 0.2) is 231 Å². The smallest absolute Gasteiger partial charge is 0.164 e. The lowest BCUT2D eigenvalue weighted by atomic mass is 9.99. The maximum absolute atomic E-state index is 5.22. The molecule has 0 spiro atoms. The number of nitrogens with zero attached hydrogens (tertiary/aromatic N) is 6. The summed E-state index contributed by atoms with van der Waals surface area (Å²) in [6.45, 7) is 0. The van der Waals surface area contributed by atoms with Gasteiger partial charge in [0.15, 0.2) is 23.3 Å². The molecule has 0 radical (unpaired) electrons. The molecule has 8 aromatic carbocycles. The third kappa shape index (κ3) is 8.06. The van der Waals surface area contributed by atoms with E-state index in [1.165, 1.54) is 0 Å². The van der Waals surface area contributed by atoms with Gasteiger partial charge in [-0.1, -0.05) is 164 Å². The van der Waals surface area contributed by atoms with Crippen LogP contribution in [0.3, 0.4) is 0 Å². The standard InChI is InChI=1S/C55H38N6/c1-6-18-39(19-7-1)50-38-51(57-52(56-50)42-32-34-49(35-33-42)61(47-28-12-4-13-29-47)48-30-14-5-15-31-48)45-26-16-24-43(36-45)44-25-17-27-46(37-44)55-59-53(40-20-8-2-9-21-40)58-54(60-55)41-22-10-3-11-23-41/h1-38H. The Labute approximate surface area is 355 Å². The van der Waals surface area contributed by atoms with Crippen LogP contribution in [-0.4, -0.2) is 24.9 Å². The summed E-state index contributed by atoms with van der Waals surface area (Å²) >= 11 is 0. The van der Waals surface area contributed by atoms with Crippen LogP contribution in [-0.2, 0) is 0 Å². The van der Waals surface area contributed by atoms with Crippen LogP contribution in [0.1, 0.15) is 0 Å². The van der Waals surface area contributed by atoms with E-state index in [0.29, 0.717) is 23.3 Å². The Kier molecular flexibility index (Phi) is 10.2. The van der Waals surface area contributed by atoms with Gasteiger partial charge in [-0.3, -0.25) is 0 Å². The molecule has 288 valence electrons. The van der Waals surface area contributed by atoms with Crippen molar-refractivity contribution in [3.8, 4) is 79.2 Å². The van der Waals surface area contributed by atoms with Gasteiger partial charge in [-0.2, -0.15) is 0 Å². The van der Waals surface area contributed by atoms with Gasteiger partial charge in [-0.25, -0.2) is 24.9 Å². The van der Waals surface area contributed by atoms with E-state index in [-0.39, 0.29) is 0 Å². The van der Waals surface area contributed by atoms with Gasteiger partial charge >= 0.3 is 0 Å². The monoisotopic (exact) mass is 782 g/mol. The van der Waals surface area contributed by atoms with Crippen molar-refractivity contribution in [2.75, 3.05) is 4.90 Å². The number of anilines is 3. The molecule has 0 saturated heterocycles. The molecule has 6 heteroatoms. The first-order chi connectivity index (χ1) is 30.2. The molecule has 0 bridgehead atoms. The zero-order valence-corrected chi connectivity index (χ0v) is 33.1. The Morgan fingerprint density at radius 1 is 0.213 bits per heavy atom. The summed E-state index contributed by atoms with van der Waals surface area (Å²) < 4.78 is 0. The van der Waals surface area contributed by atoms with Crippen molar-refractivity contribution < 1.29 is 0 Å². The van der Waals surface area contributed by atoms with Gasteiger partial charge in [0.05, 0.1) is 11.4 Å². The van der Waals surface area contributed by atoms with Crippen LogP contribution in [0.4, 0.5) is 17.1 Å². The van der Waals surface area contributed by atoms with Crippen molar-refractivity contribution in [2.24, 2.45) is 0 Å². The molecule has 10 aromatic rings. The van der Waals surface area contributed by atoms with Gasteiger partial charge in [0.25, 0.3) is 0 Å².